The molecule has 0 aliphatic carbocycles. The van der Waals surface area contributed by atoms with Crippen molar-refractivity contribution in [1.29, 1.82) is 0 Å². The number of urea groups is 1. The summed E-state index contributed by atoms with van der Waals surface area (Å²) < 4.78 is 0. The Morgan fingerprint density at radius 1 is 1.36 bits per heavy atom. The van der Waals surface area contributed by atoms with Crippen LogP contribution in [0, 0.1) is 0 Å². The molecule has 0 aromatic rings. The molecule has 0 fully saturated rings. The maximum absolute atomic E-state index is 10.4. The van der Waals surface area contributed by atoms with Gasteiger partial charge in [-0.2, -0.15) is 0 Å². The Bertz CT molecular complexity index is 215. The number of primary amides is 1. The summed E-state index contributed by atoms with van der Waals surface area (Å²) in [6.07, 6.45) is 4.67. The predicted octanol–water partition coefficient (Wildman–Crippen LogP) is 0.217. The van der Waals surface area contributed by atoms with Crippen molar-refractivity contribution in [2.24, 2.45) is 10.7 Å². The van der Waals surface area contributed by atoms with E-state index in [4.69, 9.17) is 5.73 Å². The molecule has 5 heteroatoms. The van der Waals surface area contributed by atoms with Crippen molar-refractivity contribution in [3.63, 3.8) is 0 Å². The number of carbonyl (C=O) groups excluding carboxylic acids is 1. The van der Waals surface area contributed by atoms with E-state index in [0.29, 0.717) is 13.1 Å². The fraction of sp³-hybridized carbons (Fsp3) is 0.778. The van der Waals surface area contributed by atoms with E-state index in [9.17, 15) is 4.79 Å². The smallest absolute Gasteiger partial charge is 0.312 e. The highest BCUT2D eigenvalue weighted by Crippen LogP contribution is 2.05. The molecule has 0 saturated heterocycles. The molecule has 1 rings (SSSR count). The molecule has 2 amide bonds. The van der Waals surface area contributed by atoms with Gasteiger partial charge in [0.25, 0.3) is 0 Å². The number of nitrogens with two attached hydrogens (primary N) is 1. The van der Waals surface area contributed by atoms with Crippen molar-refractivity contribution in [1.82, 2.24) is 10.6 Å². The lowest BCUT2D eigenvalue weighted by Gasteiger charge is -2.07. The maximum atomic E-state index is 10.4. The SMILES string of the molecule is NC(=O)NCCNC1=NCCCCC1. The number of nitrogens with zero attached hydrogens (tertiary/aromatic N) is 1. The minimum absolute atomic E-state index is 0.477. The van der Waals surface area contributed by atoms with Gasteiger partial charge in [-0.3, -0.25) is 4.99 Å². The molecule has 0 aromatic heterocycles. The summed E-state index contributed by atoms with van der Waals surface area (Å²) in [6, 6.07) is -0.477. The van der Waals surface area contributed by atoms with Gasteiger partial charge in [-0.05, 0) is 12.8 Å². The molecule has 14 heavy (non-hydrogen) atoms. The molecule has 4 N–H and O–H groups in total. The highest BCUT2D eigenvalue weighted by molar-refractivity contribution is 5.82. The highest BCUT2D eigenvalue weighted by Gasteiger charge is 2.02. The zero-order valence-corrected chi connectivity index (χ0v) is 8.38. The molecule has 1 heterocycles. The van der Waals surface area contributed by atoms with Gasteiger partial charge in [0, 0.05) is 26.1 Å². The van der Waals surface area contributed by atoms with Crippen LogP contribution < -0.4 is 16.4 Å². The van der Waals surface area contributed by atoms with Crippen LogP contribution in [-0.4, -0.2) is 31.5 Å². The van der Waals surface area contributed by atoms with Gasteiger partial charge in [0.15, 0.2) is 0 Å². The van der Waals surface area contributed by atoms with Crippen LogP contribution in [0.15, 0.2) is 4.99 Å². The topological polar surface area (TPSA) is 79.5 Å². The van der Waals surface area contributed by atoms with Gasteiger partial charge in [-0.15, -0.1) is 0 Å². The normalized spacial score (nSPS) is 16.7. The molecule has 0 bridgehead atoms. The second-order valence-corrected chi connectivity index (χ2v) is 3.36. The molecule has 5 nitrogen and oxygen atoms in total. The molecule has 0 atom stereocenters. The number of nitrogens with one attached hydrogen (secondary N) is 2. The lowest BCUT2D eigenvalue weighted by molar-refractivity contribution is 0.249. The summed E-state index contributed by atoms with van der Waals surface area (Å²) in [6.45, 7) is 2.17. The summed E-state index contributed by atoms with van der Waals surface area (Å²) in [4.78, 5) is 14.8. The zero-order chi connectivity index (χ0) is 10.2. The number of aliphatic imine (C=N–C) groups is 1. The molecule has 80 valence electrons. The highest BCUT2D eigenvalue weighted by atomic mass is 16.2. The first kappa shape index (κ1) is 10.8. The van der Waals surface area contributed by atoms with Crippen molar-refractivity contribution in [2.45, 2.75) is 25.7 Å². The van der Waals surface area contributed by atoms with E-state index in [1.54, 1.807) is 0 Å². The minimum Gasteiger partial charge on any atom is -0.372 e. The van der Waals surface area contributed by atoms with Crippen LogP contribution in [0.25, 0.3) is 0 Å². The Morgan fingerprint density at radius 3 is 3.00 bits per heavy atom. The van der Waals surface area contributed by atoms with E-state index in [1.165, 1.54) is 19.3 Å². The van der Waals surface area contributed by atoms with E-state index < -0.39 is 6.03 Å². The van der Waals surface area contributed by atoms with Gasteiger partial charge in [-0.25, -0.2) is 4.79 Å². The Labute approximate surface area is 84.1 Å². The van der Waals surface area contributed by atoms with Crippen molar-refractivity contribution >= 4 is 11.9 Å². The first-order chi connectivity index (χ1) is 6.79. The predicted molar refractivity (Wildman–Crippen MR) is 56.4 cm³/mol. The average Bonchev–Trinajstić information content (AvgIpc) is 2.40. The number of hydrogen-bond donors (Lipinski definition) is 3. The summed E-state index contributed by atoms with van der Waals surface area (Å²) in [5.41, 5.74) is 4.93. The van der Waals surface area contributed by atoms with Gasteiger partial charge in [0.2, 0.25) is 0 Å². The molecule has 0 unspecified atom stereocenters. The molecule has 1 aliphatic heterocycles. The third-order valence-electron chi connectivity index (χ3n) is 2.13. The molecule has 0 radical (unpaired) electrons. The fourth-order valence-corrected chi connectivity index (χ4v) is 1.41. The van der Waals surface area contributed by atoms with Gasteiger partial charge >= 0.3 is 6.03 Å². The maximum Gasteiger partial charge on any atom is 0.312 e. The number of amidine groups is 1. The van der Waals surface area contributed by atoms with Gasteiger partial charge in [-0.1, -0.05) is 6.42 Å². The zero-order valence-electron chi connectivity index (χ0n) is 8.38. The summed E-state index contributed by atoms with van der Waals surface area (Å²) in [5.74, 6) is 1.06. The van der Waals surface area contributed by atoms with E-state index in [1.807, 2.05) is 0 Å². The number of amides is 2. The van der Waals surface area contributed by atoms with Crippen molar-refractivity contribution < 1.29 is 4.79 Å². The van der Waals surface area contributed by atoms with Crippen LogP contribution in [0.1, 0.15) is 25.7 Å². The van der Waals surface area contributed by atoms with Crippen LogP contribution >= 0.6 is 0 Å². The van der Waals surface area contributed by atoms with Crippen molar-refractivity contribution in [2.75, 3.05) is 19.6 Å². The molecule has 0 aromatic carbocycles. The molecule has 0 saturated carbocycles. The van der Waals surface area contributed by atoms with Crippen LogP contribution in [0.5, 0.6) is 0 Å². The fourth-order valence-electron chi connectivity index (χ4n) is 1.41. The van der Waals surface area contributed by atoms with Gasteiger partial charge < -0.3 is 16.4 Å². The van der Waals surface area contributed by atoms with Crippen LogP contribution in [-0.2, 0) is 0 Å². The largest absolute Gasteiger partial charge is 0.372 e. The Hall–Kier alpha value is -1.26. The summed E-state index contributed by atoms with van der Waals surface area (Å²) in [5, 5.41) is 5.72. The summed E-state index contributed by atoms with van der Waals surface area (Å²) in [7, 11) is 0. The third-order valence-corrected chi connectivity index (χ3v) is 2.13. The lowest BCUT2D eigenvalue weighted by Crippen LogP contribution is -2.37. The van der Waals surface area contributed by atoms with E-state index in [2.05, 4.69) is 15.6 Å². The second-order valence-electron chi connectivity index (χ2n) is 3.36. The van der Waals surface area contributed by atoms with Crippen molar-refractivity contribution in [3.8, 4) is 0 Å². The average molecular weight is 198 g/mol. The lowest BCUT2D eigenvalue weighted by atomic mass is 10.2. The molecule has 0 spiro atoms. The van der Waals surface area contributed by atoms with E-state index in [0.717, 1.165) is 18.8 Å². The second kappa shape index (κ2) is 6.23. The van der Waals surface area contributed by atoms with E-state index in [-0.39, 0.29) is 0 Å². The van der Waals surface area contributed by atoms with Crippen LogP contribution in [0.3, 0.4) is 0 Å². The monoisotopic (exact) mass is 198 g/mol. The molecular weight excluding hydrogens is 180 g/mol. The van der Waals surface area contributed by atoms with Gasteiger partial charge in [0.1, 0.15) is 0 Å². The standard InChI is InChI=1S/C9H18N4O/c10-9(14)13-7-6-12-8-4-2-1-3-5-11-8/h1-7H2,(H,11,12)(H3,10,13,14). The third kappa shape index (κ3) is 4.69. The van der Waals surface area contributed by atoms with E-state index >= 15 is 0 Å². The molecule has 1 aliphatic rings. The Kier molecular flexibility index (Phi) is 4.82. The Morgan fingerprint density at radius 2 is 2.21 bits per heavy atom. The van der Waals surface area contributed by atoms with Crippen LogP contribution in [0.2, 0.25) is 0 Å². The van der Waals surface area contributed by atoms with Crippen molar-refractivity contribution in [3.05, 3.63) is 0 Å². The van der Waals surface area contributed by atoms with Crippen LogP contribution in [0.4, 0.5) is 4.79 Å². The molecular formula is C9H18N4O. The number of hydrogen-bond acceptors (Lipinski definition) is 3. The minimum atomic E-state index is -0.477. The number of rotatable bonds is 3. The Balaban J connectivity index is 2.10. The summed E-state index contributed by atoms with van der Waals surface area (Å²) >= 11 is 0. The number of carbonyl (C=O) groups is 1. The van der Waals surface area contributed by atoms with Gasteiger partial charge in [0.05, 0.1) is 5.84 Å². The first-order valence-corrected chi connectivity index (χ1v) is 5.09. The first-order valence-electron chi connectivity index (χ1n) is 5.09. The quantitative estimate of drug-likeness (QED) is 0.567.